The first kappa shape index (κ1) is 19.1. The SMILES string of the molecule is COc1cc(C=CC(O)=CC(=O)CC(O)c2ccc(O)cc2)ccc1O. The van der Waals surface area contributed by atoms with Gasteiger partial charge in [-0.3, -0.25) is 4.79 Å². The Morgan fingerprint density at radius 1 is 1.15 bits per heavy atom. The van der Waals surface area contributed by atoms with Crippen LogP contribution in [-0.2, 0) is 4.79 Å². The number of aromatic hydroxyl groups is 2. The van der Waals surface area contributed by atoms with Crippen LogP contribution in [-0.4, -0.2) is 33.3 Å². The fourth-order valence-electron chi connectivity index (χ4n) is 2.26. The second kappa shape index (κ2) is 8.73. The van der Waals surface area contributed by atoms with Gasteiger partial charge >= 0.3 is 0 Å². The van der Waals surface area contributed by atoms with Gasteiger partial charge in [0, 0.05) is 12.5 Å². The minimum Gasteiger partial charge on any atom is -0.508 e. The largest absolute Gasteiger partial charge is 0.508 e. The van der Waals surface area contributed by atoms with E-state index in [1.165, 1.54) is 43.5 Å². The number of aliphatic hydroxyl groups excluding tert-OH is 2. The van der Waals surface area contributed by atoms with Gasteiger partial charge < -0.3 is 25.2 Å². The van der Waals surface area contributed by atoms with Crippen molar-refractivity contribution in [3.8, 4) is 17.2 Å². The lowest BCUT2D eigenvalue weighted by atomic mass is 10.0. The minimum absolute atomic E-state index is 0.00260. The smallest absolute Gasteiger partial charge is 0.162 e. The number of phenols is 2. The summed E-state index contributed by atoms with van der Waals surface area (Å²) in [5, 5.41) is 38.6. The first-order chi connectivity index (χ1) is 12.4. The number of methoxy groups -OCH3 is 1. The number of ether oxygens (including phenoxy) is 1. The maximum Gasteiger partial charge on any atom is 0.162 e. The van der Waals surface area contributed by atoms with Crippen molar-refractivity contribution in [1.82, 2.24) is 0 Å². The molecule has 0 saturated heterocycles. The van der Waals surface area contributed by atoms with E-state index in [-0.39, 0.29) is 23.7 Å². The summed E-state index contributed by atoms with van der Waals surface area (Å²) in [5.41, 5.74) is 1.16. The molecule has 0 spiro atoms. The van der Waals surface area contributed by atoms with Crippen molar-refractivity contribution in [2.45, 2.75) is 12.5 Å². The Labute approximate surface area is 150 Å². The lowest BCUT2D eigenvalue weighted by Gasteiger charge is -2.08. The van der Waals surface area contributed by atoms with Gasteiger partial charge in [0.05, 0.1) is 13.2 Å². The molecule has 2 aromatic carbocycles. The highest BCUT2D eigenvalue weighted by molar-refractivity contribution is 5.91. The summed E-state index contributed by atoms with van der Waals surface area (Å²) in [6.07, 6.45) is 2.68. The molecule has 0 heterocycles. The predicted molar refractivity (Wildman–Crippen MR) is 97.1 cm³/mol. The Hall–Kier alpha value is -3.25. The zero-order valence-corrected chi connectivity index (χ0v) is 14.2. The van der Waals surface area contributed by atoms with Gasteiger partial charge in [-0.2, -0.15) is 0 Å². The minimum atomic E-state index is -1.03. The Balaban J connectivity index is 1.99. The summed E-state index contributed by atoms with van der Waals surface area (Å²) in [7, 11) is 1.43. The van der Waals surface area contributed by atoms with Crippen molar-refractivity contribution in [1.29, 1.82) is 0 Å². The lowest BCUT2D eigenvalue weighted by Crippen LogP contribution is -2.04. The van der Waals surface area contributed by atoms with Gasteiger partial charge in [-0.05, 0) is 41.5 Å². The molecule has 0 aliphatic rings. The maximum atomic E-state index is 11.9. The second-order valence-corrected chi connectivity index (χ2v) is 5.61. The lowest BCUT2D eigenvalue weighted by molar-refractivity contribution is -0.116. The normalized spacial score (nSPS) is 12.9. The van der Waals surface area contributed by atoms with Crippen molar-refractivity contribution in [2.24, 2.45) is 0 Å². The summed E-state index contributed by atoms with van der Waals surface area (Å²) >= 11 is 0. The molecule has 0 aromatic heterocycles. The zero-order valence-electron chi connectivity index (χ0n) is 14.2. The van der Waals surface area contributed by atoms with Crippen molar-refractivity contribution < 1.29 is 30.0 Å². The van der Waals surface area contributed by atoms with Crippen LogP contribution in [0.2, 0.25) is 0 Å². The molecule has 0 aliphatic heterocycles. The number of ketones is 1. The molecule has 0 fully saturated rings. The van der Waals surface area contributed by atoms with Crippen molar-refractivity contribution in [3.63, 3.8) is 0 Å². The molecule has 136 valence electrons. The summed E-state index contributed by atoms with van der Waals surface area (Å²) in [5.74, 6) is -0.344. The zero-order chi connectivity index (χ0) is 19.1. The molecule has 1 atom stereocenters. The topological polar surface area (TPSA) is 107 Å². The maximum absolute atomic E-state index is 11.9. The van der Waals surface area contributed by atoms with Crippen LogP contribution in [0, 0.1) is 0 Å². The first-order valence-corrected chi connectivity index (χ1v) is 7.84. The summed E-state index contributed by atoms with van der Waals surface area (Å²) < 4.78 is 4.99. The Kier molecular flexibility index (Phi) is 6.41. The number of rotatable bonds is 7. The van der Waals surface area contributed by atoms with Crippen LogP contribution in [0.4, 0.5) is 0 Å². The summed E-state index contributed by atoms with van der Waals surface area (Å²) in [6, 6.07) is 10.5. The van der Waals surface area contributed by atoms with E-state index in [0.29, 0.717) is 16.9 Å². The molecule has 0 saturated carbocycles. The third-order valence-corrected chi connectivity index (χ3v) is 3.63. The summed E-state index contributed by atoms with van der Waals surface area (Å²) in [4.78, 5) is 11.9. The molecule has 0 amide bonds. The number of benzene rings is 2. The molecule has 6 heteroatoms. The van der Waals surface area contributed by atoms with Crippen molar-refractivity contribution in [2.75, 3.05) is 7.11 Å². The van der Waals surface area contributed by atoms with Crippen molar-refractivity contribution in [3.05, 3.63) is 71.5 Å². The number of phenolic OH excluding ortho intramolecular Hbond substituents is 2. The van der Waals surface area contributed by atoms with Crippen molar-refractivity contribution >= 4 is 11.9 Å². The monoisotopic (exact) mass is 356 g/mol. The van der Waals surface area contributed by atoms with Crippen LogP contribution in [0.3, 0.4) is 0 Å². The van der Waals surface area contributed by atoms with E-state index >= 15 is 0 Å². The molecular weight excluding hydrogens is 336 g/mol. The van der Waals surface area contributed by atoms with Gasteiger partial charge in [0.15, 0.2) is 17.3 Å². The molecule has 26 heavy (non-hydrogen) atoms. The van der Waals surface area contributed by atoms with E-state index in [1.54, 1.807) is 18.2 Å². The molecule has 1 unspecified atom stereocenters. The standard InChI is InChI=1S/C20H20O6/c1-26-20-10-13(3-9-18(20)24)2-6-16(22)11-17(23)12-19(25)14-4-7-15(21)8-5-14/h2-11,19,21-22,24-25H,12H2,1H3. The van der Waals surface area contributed by atoms with Crippen LogP contribution in [0.1, 0.15) is 23.7 Å². The quantitative estimate of drug-likeness (QED) is 0.345. The van der Waals surface area contributed by atoms with E-state index in [0.717, 1.165) is 6.08 Å². The molecular formula is C20H20O6. The second-order valence-electron chi connectivity index (χ2n) is 5.61. The van der Waals surface area contributed by atoms with Crippen LogP contribution in [0.5, 0.6) is 17.2 Å². The van der Waals surface area contributed by atoms with E-state index in [2.05, 4.69) is 0 Å². The Morgan fingerprint density at radius 3 is 2.50 bits per heavy atom. The molecule has 2 rings (SSSR count). The van der Waals surface area contributed by atoms with E-state index in [1.807, 2.05) is 0 Å². The molecule has 2 aromatic rings. The third-order valence-electron chi connectivity index (χ3n) is 3.63. The number of carbonyl (C=O) groups excluding carboxylic acids is 1. The highest BCUT2D eigenvalue weighted by atomic mass is 16.5. The van der Waals surface area contributed by atoms with E-state index in [9.17, 15) is 25.2 Å². The average molecular weight is 356 g/mol. The highest BCUT2D eigenvalue weighted by Crippen LogP contribution is 2.27. The fourth-order valence-corrected chi connectivity index (χ4v) is 2.26. The Morgan fingerprint density at radius 2 is 1.85 bits per heavy atom. The van der Waals surface area contributed by atoms with Gasteiger partial charge in [0.2, 0.25) is 0 Å². The molecule has 0 radical (unpaired) electrons. The summed E-state index contributed by atoms with van der Waals surface area (Å²) in [6.45, 7) is 0. The fraction of sp³-hybridized carbons (Fsp3) is 0.150. The van der Waals surface area contributed by atoms with Gasteiger partial charge in [0.1, 0.15) is 11.5 Å². The van der Waals surface area contributed by atoms with Gasteiger partial charge in [-0.1, -0.05) is 24.3 Å². The van der Waals surface area contributed by atoms with E-state index < -0.39 is 11.9 Å². The van der Waals surface area contributed by atoms with Crippen LogP contribution in [0.15, 0.2) is 60.4 Å². The Bertz CT molecular complexity index is 821. The number of aliphatic hydroxyl groups is 2. The molecule has 4 N–H and O–H groups in total. The molecule has 0 bridgehead atoms. The molecule has 0 aliphatic carbocycles. The number of carbonyl (C=O) groups is 1. The number of hydrogen-bond donors (Lipinski definition) is 4. The molecule has 6 nitrogen and oxygen atoms in total. The average Bonchev–Trinajstić information content (AvgIpc) is 2.61. The third kappa shape index (κ3) is 5.39. The van der Waals surface area contributed by atoms with Gasteiger partial charge in [0.25, 0.3) is 0 Å². The van der Waals surface area contributed by atoms with Crippen LogP contribution < -0.4 is 4.74 Å². The van der Waals surface area contributed by atoms with Crippen LogP contribution >= 0.6 is 0 Å². The van der Waals surface area contributed by atoms with Gasteiger partial charge in [-0.25, -0.2) is 0 Å². The number of hydrogen-bond acceptors (Lipinski definition) is 6. The number of allylic oxidation sites excluding steroid dienone is 2. The van der Waals surface area contributed by atoms with Gasteiger partial charge in [-0.15, -0.1) is 0 Å². The van der Waals surface area contributed by atoms with Crippen LogP contribution in [0.25, 0.3) is 6.08 Å². The first-order valence-electron chi connectivity index (χ1n) is 7.84. The predicted octanol–water partition coefficient (Wildman–Crippen LogP) is 3.25. The highest BCUT2D eigenvalue weighted by Gasteiger charge is 2.12. The van der Waals surface area contributed by atoms with E-state index in [4.69, 9.17) is 4.74 Å².